The molecule has 1 saturated carbocycles. The average molecular weight is 268 g/mol. The number of likely N-dealkylation sites (N-methyl/N-ethyl adjacent to an activating group) is 1. The first-order valence-corrected chi connectivity index (χ1v) is 7.37. The smallest absolute Gasteiger partial charge is 0.307 e. The van der Waals surface area contributed by atoms with Gasteiger partial charge in [-0.1, -0.05) is 13.3 Å². The molecule has 0 spiro atoms. The van der Waals surface area contributed by atoms with Gasteiger partial charge in [-0.25, -0.2) is 0 Å². The summed E-state index contributed by atoms with van der Waals surface area (Å²) in [7, 11) is 0. The molecule has 2 aliphatic rings. The van der Waals surface area contributed by atoms with E-state index in [0.29, 0.717) is 12.8 Å². The van der Waals surface area contributed by atoms with Crippen molar-refractivity contribution in [1.82, 2.24) is 10.2 Å². The van der Waals surface area contributed by atoms with E-state index in [9.17, 15) is 9.59 Å². The first-order chi connectivity index (χ1) is 9.11. The van der Waals surface area contributed by atoms with E-state index in [4.69, 9.17) is 5.11 Å². The molecular formula is C14H24N2O3. The van der Waals surface area contributed by atoms with Gasteiger partial charge < -0.3 is 15.3 Å². The lowest BCUT2D eigenvalue weighted by molar-refractivity contribution is -0.146. The lowest BCUT2D eigenvalue weighted by Gasteiger charge is -2.33. The number of carboxylic acid groups (broad SMARTS) is 1. The summed E-state index contributed by atoms with van der Waals surface area (Å²) in [6.45, 7) is 5.13. The maximum atomic E-state index is 12.2. The summed E-state index contributed by atoms with van der Waals surface area (Å²) in [5.41, 5.74) is 0. The molecule has 1 aliphatic carbocycles. The summed E-state index contributed by atoms with van der Waals surface area (Å²) < 4.78 is 0. The van der Waals surface area contributed by atoms with Gasteiger partial charge in [0.05, 0.1) is 11.8 Å². The number of nitrogens with zero attached hydrogens (tertiary/aromatic N) is 1. The van der Waals surface area contributed by atoms with Crippen molar-refractivity contribution in [3.05, 3.63) is 0 Å². The largest absolute Gasteiger partial charge is 0.481 e. The lowest BCUT2D eigenvalue weighted by atomic mass is 9.94. The Balaban J connectivity index is 1.88. The SMILES string of the molecule is CCN1CCCC(NC(=O)[C@@H]2CCC[C@@H]2C(=O)O)C1. The zero-order chi connectivity index (χ0) is 13.8. The fourth-order valence-corrected chi connectivity index (χ4v) is 3.34. The highest BCUT2D eigenvalue weighted by Crippen LogP contribution is 2.32. The van der Waals surface area contributed by atoms with Crippen LogP contribution in [-0.2, 0) is 9.59 Å². The van der Waals surface area contributed by atoms with Crippen molar-refractivity contribution in [3.8, 4) is 0 Å². The van der Waals surface area contributed by atoms with Gasteiger partial charge in [0.1, 0.15) is 0 Å². The number of amides is 1. The molecule has 0 aromatic rings. The molecule has 1 aliphatic heterocycles. The number of nitrogens with one attached hydrogen (secondary N) is 1. The van der Waals surface area contributed by atoms with Crippen LogP contribution in [0.4, 0.5) is 0 Å². The third-order valence-electron chi connectivity index (χ3n) is 4.47. The van der Waals surface area contributed by atoms with Crippen molar-refractivity contribution >= 4 is 11.9 Å². The van der Waals surface area contributed by atoms with Crippen LogP contribution in [0.15, 0.2) is 0 Å². The predicted octanol–water partition coefficient (Wildman–Crippen LogP) is 1.09. The van der Waals surface area contributed by atoms with Crippen LogP contribution in [0.1, 0.15) is 39.0 Å². The van der Waals surface area contributed by atoms with Gasteiger partial charge in [0.25, 0.3) is 0 Å². The summed E-state index contributed by atoms with van der Waals surface area (Å²) in [5, 5.41) is 12.2. The fourth-order valence-electron chi connectivity index (χ4n) is 3.34. The molecule has 0 aromatic heterocycles. The van der Waals surface area contributed by atoms with E-state index in [0.717, 1.165) is 38.9 Å². The number of piperidine rings is 1. The monoisotopic (exact) mass is 268 g/mol. The van der Waals surface area contributed by atoms with E-state index in [1.54, 1.807) is 0 Å². The second-order valence-electron chi connectivity index (χ2n) is 5.72. The molecule has 1 heterocycles. The molecule has 108 valence electrons. The van der Waals surface area contributed by atoms with Crippen LogP contribution in [0.25, 0.3) is 0 Å². The van der Waals surface area contributed by atoms with Crippen LogP contribution in [0, 0.1) is 11.8 Å². The second kappa shape index (κ2) is 6.37. The van der Waals surface area contributed by atoms with Crippen LogP contribution in [0.3, 0.4) is 0 Å². The number of carbonyl (C=O) groups excluding carboxylic acids is 1. The molecule has 0 aromatic carbocycles. The zero-order valence-corrected chi connectivity index (χ0v) is 11.6. The molecule has 1 unspecified atom stereocenters. The van der Waals surface area contributed by atoms with Crippen molar-refractivity contribution in [2.45, 2.75) is 45.1 Å². The summed E-state index contributed by atoms with van der Waals surface area (Å²) >= 11 is 0. The molecular weight excluding hydrogens is 244 g/mol. The molecule has 5 heteroatoms. The number of hydrogen-bond acceptors (Lipinski definition) is 3. The summed E-state index contributed by atoms with van der Waals surface area (Å²) in [4.78, 5) is 25.7. The molecule has 2 rings (SSSR count). The highest BCUT2D eigenvalue weighted by atomic mass is 16.4. The highest BCUT2D eigenvalue weighted by Gasteiger charge is 2.38. The molecule has 0 radical (unpaired) electrons. The third kappa shape index (κ3) is 3.47. The first kappa shape index (κ1) is 14.3. The van der Waals surface area contributed by atoms with Crippen molar-refractivity contribution in [2.75, 3.05) is 19.6 Å². The number of carbonyl (C=O) groups is 2. The number of hydrogen-bond donors (Lipinski definition) is 2. The molecule has 2 N–H and O–H groups in total. The van der Waals surface area contributed by atoms with Gasteiger partial charge in [0.2, 0.25) is 5.91 Å². The zero-order valence-electron chi connectivity index (χ0n) is 11.6. The minimum Gasteiger partial charge on any atom is -0.481 e. The normalized spacial score (nSPS) is 32.2. The van der Waals surface area contributed by atoms with E-state index in [-0.39, 0.29) is 17.9 Å². The molecule has 0 bridgehead atoms. The van der Waals surface area contributed by atoms with Gasteiger partial charge >= 0.3 is 5.97 Å². The Kier molecular flexibility index (Phi) is 4.80. The second-order valence-corrected chi connectivity index (χ2v) is 5.72. The third-order valence-corrected chi connectivity index (χ3v) is 4.47. The van der Waals surface area contributed by atoms with E-state index >= 15 is 0 Å². The molecule has 5 nitrogen and oxygen atoms in total. The molecule has 1 saturated heterocycles. The van der Waals surface area contributed by atoms with Crippen molar-refractivity contribution < 1.29 is 14.7 Å². The van der Waals surface area contributed by atoms with Crippen LogP contribution in [0.2, 0.25) is 0 Å². The summed E-state index contributed by atoms with van der Waals surface area (Å²) in [6, 6.07) is 0.191. The molecule has 3 atom stereocenters. The molecule has 2 fully saturated rings. The van der Waals surface area contributed by atoms with Gasteiger partial charge in [0.15, 0.2) is 0 Å². The Morgan fingerprint density at radius 1 is 1.21 bits per heavy atom. The quantitative estimate of drug-likeness (QED) is 0.800. The predicted molar refractivity (Wildman–Crippen MR) is 71.7 cm³/mol. The van der Waals surface area contributed by atoms with E-state index in [1.165, 1.54) is 0 Å². The Labute approximate surface area is 114 Å². The van der Waals surface area contributed by atoms with Crippen molar-refractivity contribution in [3.63, 3.8) is 0 Å². The number of rotatable bonds is 4. The minimum atomic E-state index is -0.823. The van der Waals surface area contributed by atoms with Gasteiger partial charge in [0, 0.05) is 12.6 Å². The average Bonchev–Trinajstić information content (AvgIpc) is 2.88. The Morgan fingerprint density at radius 3 is 2.63 bits per heavy atom. The van der Waals surface area contributed by atoms with Gasteiger partial charge in [-0.2, -0.15) is 0 Å². The standard InChI is InChI=1S/C14H24N2O3/c1-2-16-8-4-5-10(9-16)15-13(17)11-6-3-7-12(11)14(18)19/h10-12H,2-9H2,1H3,(H,15,17)(H,18,19)/t10?,11-,12+/m1/s1. The van der Waals surface area contributed by atoms with Crippen LogP contribution < -0.4 is 5.32 Å². The molecule has 1 amide bonds. The van der Waals surface area contributed by atoms with Gasteiger partial charge in [-0.15, -0.1) is 0 Å². The van der Waals surface area contributed by atoms with Gasteiger partial charge in [-0.3, -0.25) is 9.59 Å². The maximum Gasteiger partial charge on any atom is 0.307 e. The van der Waals surface area contributed by atoms with E-state index in [2.05, 4.69) is 17.1 Å². The Bertz CT molecular complexity index is 346. The number of carboxylic acids is 1. The van der Waals surface area contributed by atoms with E-state index in [1.807, 2.05) is 0 Å². The fraction of sp³-hybridized carbons (Fsp3) is 0.857. The van der Waals surface area contributed by atoms with Crippen molar-refractivity contribution in [1.29, 1.82) is 0 Å². The Morgan fingerprint density at radius 2 is 1.95 bits per heavy atom. The summed E-state index contributed by atoms with van der Waals surface area (Å²) in [5.74, 6) is -1.68. The van der Waals surface area contributed by atoms with Gasteiger partial charge in [-0.05, 0) is 38.8 Å². The van der Waals surface area contributed by atoms with E-state index < -0.39 is 11.9 Å². The van der Waals surface area contributed by atoms with Crippen LogP contribution in [0.5, 0.6) is 0 Å². The lowest BCUT2D eigenvalue weighted by Crippen LogP contribution is -2.49. The minimum absolute atomic E-state index is 0.0483. The number of likely N-dealkylation sites (tertiary alicyclic amines) is 1. The van der Waals surface area contributed by atoms with Crippen LogP contribution in [-0.4, -0.2) is 47.6 Å². The first-order valence-electron chi connectivity index (χ1n) is 7.37. The maximum absolute atomic E-state index is 12.2. The molecule has 19 heavy (non-hydrogen) atoms. The van der Waals surface area contributed by atoms with Crippen molar-refractivity contribution in [2.24, 2.45) is 11.8 Å². The van der Waals surface area contributed by atoms with Crippen LogP contribution >= 0.6 is 0 Å². The highest BCUT2D eigenvalue weighted by molar-refractivity contribution is 5.85. The number of aliphatic carboxylic acids is 1. The summed E-state index contributed by atoms with van der Waals surface area (Å²) in [6.07, 6.45) is 4.31. The Hall–Kier alpha value is -1.10. The topological polar surface area (TPSA) is 69.6 Å².